The third-order valence-electron chi connectivity index (χ3n) is 4.58. The molecule has 34 heavy (non-hydrogen) atoms. The third-order valence-corrected chi connectivity index (χ3v) is 4.58. The maximum atomic E-state index is 13.2. The number of pyridine rings is 1. The summed E-state index contributed by atoms with van der Waals surface area (Å²) < 4.78 is 49.9. The van der Waals surface area contributed by atoms with Gasteiger partial charge in [-0.05, 0) is 17.2 Å². The molecule has 0 aliphatic heterocycles. The molecule has 3 aromatic rings. The molecule has 3 rings (SSSR count). The van der Waals surface area contributed by atoms with Crippen LogP contribution in [-0.4, -0.2) is 21.8 Å². The zero-order valence-electron chi connectivity index (χ0n) is 17.4. The molecule has 0 N–H and O–H groups in total. The van der Waals surface area contributed by atoms with Gasteiger partial charge in [0.05, 0.1) is 4.92 Å². The molecule has 0 unspecified atom stereocenters. The molecule has 0 bridgehead atoms. The highest BCUT2D eigenvalue weighted by Gasteiger charge is 2.42. The van der Waals surface area contributed by atoms with Crippen LogP contribution in [0.25, 0.3) is 0 Å². The van der Waals surface area contributed by atoms with Gasteiger partial charge in [0.15, 0.2) is 0 Å². The molecule has 11 heteroatoms. The average molecular weight is 474 g/mol. The number of hydrogen-bond acceptors (Lipinski definition) is 7. The van der Waals surface area contributed by atoms with E-state index in [1.54, 1.807) is 60.7 Å². The lowest BCUT2D eigenvalue weighted by atomic mass is 10.0. The van der Waals surface area contributed by atoms with Gasteiger partial charge in [0.2, 0.25) is 5.92 Å². The van der Waals surface area contributed by atoms with Crippen LogP contribution in [0, 0.1) is 10.1 Å². The Morgan fingerprint density at radius 2 is 1.32 bits per heavy atom. The molecule has 0 aliphatic rings. The van der Waals surface area contributed by atoms with Gasteiger partial charge in [-0.25, -0.2) is 4.98 Å². The lowest BCUT2D eigenvalue weighted by Crippen LogP contribution is -2.28. The first kappa shape index (κ1) is 24.4. The Morgan fingerprint density at radius 1 is 0.853 bits per heavy atom. The normalized spacial score (nSPS) is 11.2. The largest absolute Gasteiger partial charge is 0.460 e. The molecule has 0 saturated carbocycles. The Morgan fingerprint density at radius 3 is 1.74 bits per heavy atom. The summed E-state index contributed by atoms with van der Waals surface area (Å²) >= 11 is 0. The molecule has 0 amide bonds. The summed E-state index contributed by atoms with van der Waals surface area (Å²) in [5, 5.41) is 11.5. The number of nitrogens with zero attached hydrogens (tertiary/aromatic N) is 2. The van der Waals surface area contributed by atoms with Crippen molar-refractivity contribution in [2.75, 3.05) is 0 Å². The molecule has 1 heterocycles. The lowest BCUT2D eigenvalue weighted by Gasteiger charge is -2.16. The zero-order valence-corrected chi connectivity index (χ0v) is 17.4. The fourth-order valence-corrected chi connectivity index (χ4v) is 2.94. The summed E-state index contributed by atoms with van der Waals surface area (Å²) in [6.45, 7) is -0.649. The van der Waals surface area contributed by atoms with E-state index in [-0.39, 0.29) is 13.2 Å². The van der Waals surface area contributed by atoms with E-state index in [0.717, 1.165) is 0 Å². The maximum Gasteiger partial charge on any atom is 0.433 e. The summed E-state index contributed by atoms with van der Waals surface area (Å²) in [5.74, 6) is -4.89. The number of rotatable bonds is 8. The molecule has 0 spiro atoms. The van der Waals surface area contributed by atoms with Crippen LogP contribution in [0.5, 0.6) is 0 Å². The molecule has 0 fully saturated rings. The van der Waals surface area contributed by atoms with Gasteiger partial charge in [0.1, 0.15) is 24.6 Å². The first-order valence-corrected chi connectivity index (χ1v) is 9.80. The minimum absolute atomic E-state index is 0.325. The second-order valence-electron chi connectivity index (χ2n) is 6.98. The van der Waals surface area contributed by atoms with Crippen molar-refractivity contribution in [2.24, 2.45) is 0 Å². The van der Waals surface area contributed by atoms with Gasteiger partial charge in [0.25, 0.3) is 5.69 Å². The smallest absolute Gasteiger partial charge is 0.433 e. The van der Waals surface area contributed by atoms with Gasteiger partial charge in [-0.2, -0.15) is 13.2 Å². The van der Waals surface area contributed by atoms with Crippen molar-refractivity contribution in [3.05, 3.63) is 105 Å². The second-order valence-corrected chi connectivity index (χ2v) is 6.98. The minimum Gasteiger partial charge on any atom is -0.460 e. The van der Waals surface area contributed by atoms with Crippen LogP contribution >= 0.6 is 0 Å². The number of esters is 2. The Hall–Kier alpha value is -4.28. The van der Waals surface area contributed by atoms with E-state index in [0.29, 0.717) is 23.3 Å². The van der Waals surface area contributed by atoms with E-state index in [1.165, 1.54) is 0 Å². The van der Waals surface area contributed by atoms with E-state index >= 15 is 0 Å². The number of alkyl halides is 3. The van der Waals surface area contributed by atoms with Gasteiger partial charge < -0.3 is 9.47 Å². The van der Waals surface area contributed by atoms with Crippen LogP contribution in [-0.2, 0) is 38.5 Å². The number of carbonyl (C=O) groups is 2. The van der Waals surface area contributed by atoms with Gasteiger partial charge in [-0.15, -0.1) is 0 Å². The van der Waals surface area contributed by atoms with Gasteiger partial charge in [-0.3, -0.25) is 19.7 Å². The molecule has 176 valence electrons. The van der Waals surface area contributed by atoms with E-state index in [9.17, 15) is 32.9 Å². The van der Waals surface area contributed by atoms with Crippen molar-refractivity contribution < 1.29 is 37.2 Å². The SMILES string of the molecule is O=C(OCc1ccccc1)C(C(=O)OCc1ccccc1)c1nc(C(F)(F)F)ccc1[N+](=O)[O-]. The first-order chi connectivity index (χ1) is 16.2. The quantitative estimate of drug-likeness (QED) is 0.203. The van der Waals surface area contributed by atoms with Crippen molar-refractivity contribution in [1.29, 1.82) is 0 Å². The van der Waals surface area contributed by atoms with Crippen molar-refractivity contribution in [3.8, 4) is 0 Å². The Balaban J connectivity index is 1.97. The molecule has 0 aliphatic carbocycles. The summed E-state index contributed by atoms with van der Waals surface area (Å²) in [6, 6.07) is 17.4. The molecule has 0 atom stereocenters. The lowest BCUT2D eigenvalue weighted by molar-refractivity contribution is -0.386. The molecule has 0 radical (unpaired) electrons. The zero-order chi connectivity index (χ0) is 24.7. The summed E-state index contributed by atoms with van der Waals surface area (Å²) in [5.41, 5.74) is -2.43. The van der Waals surface area contributed by atoms with Gasteiger partial charge in [0, 0.05) is 6.07 Å². The van der Waals surface area contributed by atoms with Crippen LogP contribution < -0.4 is 0 Å². The highest BCUT2D eigenvalue weighted by Crippen LogP contribution is 2.34. The Bertz CT molecular complexity index is 1110. The highest BCUT2D eigenvalue weighted by atomic mass is 19.4. The van der Waals surface area contributed by atoms with Crippen LogP contribution in [0.3, 0.4) is 0 Å². The van der Waals surface area contributed by atoms with Crippen LogP contribution in [0.15, 0.2) is 72.8 Å². The Labute approximate surface area is 191 Å². The number of hydrogen-bond donors (Lipinski definition) is 0. The number of ether oxygens (including phenoxy) is 2. The number of nitro groups is 1. The number of carbonyl (C=O) groups excluding carboxylic acids is 2. The topological polar surface area (TPSA) is 109 Å². The standard InChI is InChI=1S/C23H17F3N2O6/c24-23(25,26)18-12-11-17(28(31)32)20(27-18)19(21(29)33-13-15-7-3-1-4-8-15)22(30)34-14-16-9-5-2-6-10-16/h1-12,19H,13-14H2. The first-order valence-electron chi connectivity index (χ1n) is 9.80. The van der Waals surface area contributed by atoms with Gasteiger partial charge >= 0.3 is 18.1 Å². The summed E-state index contributed by atoms with van der Waals surface area (Å²) in [7, 11) is 0. The van der Waals surface area contributed by atoms with Crippen LogP contribution in [0.1, 0.15) is 28.4 Å². The average Bonchev–Trinajstić information content (AvgIpc) is 2.82. The minimum atomic E-state index is -4.98. The number of aromatic nitrogens is 1. The fraction of sp³-hybridized carbons (Fsp3) is 0.174. The molecule has 8 nitrogen and oxygen atoms in total. The molecule has 1 aromatic heterocycles. The van der Waals surface area contributed by atoms with Crippen LogP contribution in [0.4, 0.5) is 18.9 Å². The molecule has 2 aromatic carbocycles. The predicted molar refractivity (Wildman–Crippen MR) is 111 cm³/mol. The van der Waals surface area contributed by atoms with E-state index in [2.05, 4.69) is 4.98 Å². The summed E-state index contributed by atoms with van der Waals surface area (Å²) in [6.07, 6.45) is -4.98. The monoisotopic (exact) mass is 474 g/mol. The van der Waals surface area contributed by atoms with Crippen molar-refractivity contribution >= 4 is 17.6 Å². The Kier molecular flexibility index (Phi) is 7.57. The second kappa shape index (κ2) is 10.6. The maximum absolute atomic E-state index is 13.2. The summed E-state index contributed by atoms with van der Waals surface area (Å²) in [4.78, 5) is 39.4. The van der Waals surface area contributed by atoms with E-state index < -0.39 is 46.0 Å². The number of halogens is 3. The molecular formula is C23H17F3N2O6. The van der Waals surface area contributed by atoms with Gasteiger partial charge in [-0.1, -0.05) is 60.7 Å². The van der Waals surface area contributed by atoms with E-state index in [4.69, 9.17) is 9.47 Å². The van der Waals surface area contributed by atoms with E-state index in [1.807, 2.05) is 0 Å². The molecular weight excluding hydrogens is 457 g/mol. The third kappa shape index (κ3) is 6.15. The highest BCUT2D eigenvalue weighted by molar-refractivity contribution is 6.01. The van der Waals surface area contributed by atoms with Crippen molar-refractivity contribution in [3.63, 3.8) is 0 Å². The van der Waals surface area contributed by atoms with Crippen molar-refractivity contribution in [1.82, 2.24) is 4.98 Å². The molecule has 0 saturated heterocycles. The predicted octanol–water partition coefficient (Wildman–Crippen LogP) is 4.58. The fourth-order valence-electron chi connectivity index (χ4n) is 2.94. The van der Waals surface area contributed by atoms with Crippen LogP contribution in [0.2, 0.25) is 0 Å². The van der Waals surface area contributed by atoms with Crippen molar-refractivity contribution in [2.45, 2.75) is 25.3 Å². The number of benzene rings is 2.